The number of aldehydes is 1. The van der Waals surface area contributed by atoms with Crippen molar-refractivity contribution in [2.75, 3.05) is 0 Å². The zero-order valence-corrected chi connectivity index (χ0v) is 7.76. The molecule has 0 atom stereocenters. The van der Waals surface area contributed by atoms with Gasteiger partial charge in [-0.25, -0.2) is 0 Å². The second-order valence-corrected chi connectivity index (χ2v) is 2.20. The van der Waals surface area contributed by atoms with Crippen molar-refractivity contribution < 1.29 is 4.79 Å². The number of rotatable bonds is 5. The molecule has 0 aromatic heterocycles. The Hall–Kier alpha value is -1.63. The van der Waals surface area contributed by atoms with E-state index in [1.807, 2.05) is 49.5 Å². The highest BCUT2D eigenvalue weighted by Gasteiger charge is 1.62. The summed E-state index contributed by atoms with van der Waals surface area (Å²) in [7, 11) is 0. The summed E-state index contributed by atoms with van der Waals surface area (Å²) >= 11 is 0. The number of carbonyl (C=O) groups excluding carboxylic acids is 1. The van der Waals surface area contributed by atoms with Gasteiger partial charge in [0, 0.05) is 0 Å². The number of hydrogen-bond acceptors (Lipinski definition) is 1. The average Bonchev–Trinajstić information content (AvgIpc) is 2.16. The van der Waals surface area contributed by atoms with Gasteiger partial charge in [0.2, 0.25) is 0 Å². The number of hydrogen-bond donors (Lipinski definition) is 0. The third-order valence-corrected chi connectivity index (χ3v) is 1.16. The third kappa shape index (κ3) is 10.4. The first-order chi connectivity index (χ1) is 6.41. The molecular weight excluding hydrogens is 160 g/mol. The van der Waals surface area contributed by atoms with Gasteiger partial charge >= 0.3 is 0 Å². The molecule has 1 heteroatoms. The summed E-state index contributed by atoms with van der Waals surface area (Å²) in [5.74, 6) is 0. The smallest absolute Gasteiger partial charge is 0.142 e. The van der Waals surface area contributed by atoms with Gasteiger partial charge in [-0.1, -0.05) is 54.7 Å². The lowest BCUT2D eigenvalue weighted by molar-refractivity contribution is -0.104. The molecule has 0 saturated heterocycles. The van der Waals surface area contributed by atoms with Crippen molar-refractivity contribution in [2.24, 2.45) is 0 Å². The summed E-state index contributed by atoms with van der Waals surface area (Å²) in [6, 6.07) is 0. The van der Waals surface area contributed by atoms with Gasteiger partial charge < -0.3 is 0 Å². The van der Waals surface area contributed by atoms with Gasteiger partial charge in [0.25, 0.3) is 0 Å². The Balaban J connectivity index is 3.68. The van der Waals surface area contributed by atoms with Gasteiger partial charge in [0.15, 0.2) is 0 Å². The number of carbonyl (C=O) groups is 1. The quantitative estimate of drug-likeness (QED) is 0.356. The molecule has 0 aromatic carbocycles. The molecular formula is C12H14O. The molecule has 0 aromatic rings. The Morgan fingerprint density at radius 1 is 0.615 bits per heavy atom. The SMILES string of the molecule is CC=CC=CC=CC=CC=CC=O. The molecule has 0 heterocycles. The average molecular weight is 174 g/mol. The summed E-state index contributed by atoms with van der Waals surface area (Å²) in [4.78, 5) is 9.85. The number of allylic oxidation sites excluding steroid dienone is 10. The molecule has 68 valence electrons. The first kappa shape index (κ1) is 11.4. The van der Waals surface area contributed by atoms with E-state index in [1.54, 1.807) is 12.2 Å². The van der Waals surface area contributed by atoms with E-state index in [1.165, 1.54) is 6.08 Å². The first-order valence-corrected chi connectivity index (χ1v) is 4.15. The fraction of sp³-hybridized carbons (Fsp3) is 0.0833. The van der Waals surface area contributed by atoms with E-state index in [9.17, 15) is 4.79 Å². The molecule has 13 heavy (non-hydrogen) atoms. The lowest BCUT2D eigenvalue weighted by Gasteiger charge is -1.72. The Bertz CT molecular complexity index is 252. The molecule has 0 fully saturated rings. The fourth-order valence-electron chi connectivity index (χ4n) is 0.606. The van der Waals surface area contributed by atoms with Gasteiger partial charge in [-0.3, -0.25) is 4.79 Å². The minimum atomic E-state index is 0.750. The zero-order valence-electron chi connectivity index (χ0n) is 7.76. The summed E-state index contributed by atoms with van der Waals surface area (Å²) < 4.78 is 0. The highest BCUT2D eigenvalue weighted by Crippen LogP contribution is 1.82. The van der Waals surface area contributed by atoms with E-state index in [4.69, 9.17) is 0 Å². The van der Waals surface area contributed by atoms with Crippen LogP contribution in [0.4, 0.5) is 0 Å². The van der Waals surface area contributed by atoms with Gasteiger partial charge in [-0.2, -0.15) is 0 Å². The van der Waals surface area contributed by atoms with Crippen LogP contribution in [0.3, 0.4) is 0 Å². The monoisotopic (exact) mass is 174 g/mol. The Morgan fingerprint density at radius 3 is 1.38 bits per heavy atom. The highest BCUT2D eigenvalue weighted by atomic mass is 16.1. The van der Waals surface area contributed by atoms with Crippen molar-refractivity contribution in [3.05, 3.63) is 60.8 Å². The summed E-state index contributed by atoms with van der Waals surface area (Å²) in [6.07, 6.45) is 19.2. The van der Waals surface area contributed by atoms with Crippen molar-refractivity contribution in [2.45, 2.75) is 6.92 Å². The largest absolute Gasteiger partial charge is 0.299 e. The standard InChI is InChI=1S/C12H14O/c1-2-3-4-5-6-7-8-9-10-11-12-13/h2-12H,1H3. The van der Waals surface area contributed by atoms with Crippen LogP contribution in [0, 0.1) is 0 Å². The maximum Gasteiger partial charge on any atom is 0.142 e. The van der Waals surface area contributed by atoms with Crippen LogP contribution in [0.1, 0.15) is 6.92 Å². The Morgan fingerprint density at radius 2 is 1.00 bits per heavy atom. The Kier molecular flexibility index (Phi) is 9.07. The molecule has 0 rings (SSSR count). The minimum absolute atomic E-state index is 0.750. The van der Waals surface area contributed by atoms with E-state index in [2.05, 4.69) is 0 Å². The van der Waals surface area contributed by atoms with Gasteiger partial charge in [-0.15, -0.1) is 0 Å². The van der Waals surface area contributed by atoms with Gasteiger partial charge in [-0.05, 0) is 13.0 Å². The first-order valence-electron chi connectivity index (χ1n) is 4.15. The molecule has 0 radical (unpaired) electrons. The van der Waals surface area contributed by atoms with E-state index in [0.29, 0.717) is 0 Å². The van der Waals surface area contributed by atoms with E-state index in [0.717, 1.165) is 6.29 Å². The van der Waals surface area contributed by atoms with Crippen LogP contribution in [0.5, 0.6) is 0 Å². The van der Waals surface area contributed by atoms with E-state index in [-0.39, 0.29) is 0 Å². The minimum Gasteiger partial charge on any atom is -0.299 e. The lowest BCUT2D eigenvalue weighted by atomic mass is 10.4. The van der Waals surface area contributed by atoms with Crippen molar-refractivity contribution in [3.63, 3.8) is 0 Å². The van der Waals surface area contributed by atoms with Crippen LogP contribution in [0.25, 0.3) is 0 Å². The maximum atomic E-state index is 9.85. The van der Waals surface area contributed by atoms with Crippen LogP contribution in [-0.4, -0.2) is 6.29 Å². The van der Waals surface area contributed by atoms with Crippen LogP contribution < -0.4 is 0 Å². The summed E-state index contributed by atoms with van der Waals surface area (Å²) in [5, 5.41) is 0. The van der Waals surface area contributed by atoms with Gasteiger partial charge in [0.1, 0.15) is 6.29 Å². The van der Waals surface area contributed by atoms with Crippen molar-refractivity contribution in [3.8, 4) is 0 Å². The summed E-state index contributed by atoms with van der Waals surface area (Å²) in [5.41, 5.74) is 0. The maximum absolute atomic E-state index is 9.85. The topological polar surface area (TPSA) is 17.1 Å². The summed E-state index contributed by atoms with van der Waals surface area (Å²) in [6.45, 7) is 1.97. The van der Waals surface area contributed by atoms with Crippen LogP contribution >= 0.6 is 0 Å². The van der Waals surface area contributed by atoms with Crippen molar-refractivity contribution in [1.29, 1.82) is 0 Å². The van der Waals surface area contributed by atoms with E-state index >= 15 is 0 Å². The zero-order chi connectivity index (χ0) is 9.78. The molecule has 0 aliphatic carbocycles. The molecule has 0 amide bonds. The second kappa shape index (κ2) is 10.4. The van der Waals surface area contributed by atoms with Crippen LogP contribution in [0.2, 0.25) is 0 Å². The fourth-order valence-corrected chi connectivity index (χ4v) is 0.606. The molecule has 1 nitrogen and oxygen atoms in total. The predicted octanol–water partition coefficient (Wildman–Crippen LogP) is 2.99. The molecule has 0 spiro atoms. The van der Waals surface area contributed by atoms with Gasteiger partial charge in [0.05, 0.1) is 0 Å². The molecule has 0 aliphatic heterocycles. The van der Waals surface area contributed by atoms with Crippen LogP contribution in [0.15, 0.2) is 60.8 Å². The third-order valence-electron chi connectivity index (χ3n) is 1.16. The molecule has 0 unspecified atom stereocenters. The Labute approximate surface area is 79.5 Å². The van der Waals surface area contributed by atoms with Crippen LogP contribution in [-0.2, 0) is 4.79 Å². The normalized spacial score (nSPS) is 13.3. The molecule has 0 N–H and O–H groups in total. The predicted molar refractivity (Wildman–Crippen MR) is 57.4 cm³/mol. The molecule has 0 bridgehead atoms. The molecule has 0 saturated carbocycles. The lowest BCUT2D eigenvalue weighted by Crippen LogP contribution is -1.55. The van der Waals surface area contributed by atoms with Crippen molar-refractivity contribution >= 4 is 6.29 Å². The second-order valence-electron chi connectivity index (χ2n) is 2.20. The molecule has 0 aliphatic rings. The van der Waals surface area contributed by atoms with E-state index < -0.39 is 0 Å². The van der Waals surface area contributed by atoms with Crippen molar-refractivity contribution in [1.82, 2.24) is 0 Å². The highest BCUT2D eigenvalue weighted by molar-refractivity contribution is 5.65.